The van der Waals surface area contributed by atoms with Crippen molar-refractivity contribution in [2.24, 2.45) is 0 Å². The van der Waals surface area contributed by atoms with Gasteiger partial charge in [0.1, 0.15) is 6.20 Å². The number of nitrogens with one attached hydrogen (secondary N) is 1. The molecule has 0 aliphatic carbocycles. The highest BCUT2D eigenvalue weighted by atomic mass is 15.1. The van der Waals surface area contributed by atoms with E-state index < -0.39 is 0 Å². The summed E-state index contributed by atoms with van der Waals surface area (Å²) in [6.45, 7) is 5.36. The SMILES string of the molecule is CCN(C)c1ccc(/C=C(\C)C2=C[NH+](C)C=C2)cc1. The van der Waals surface area contributed by atoms with E-state index in [2.05, 4.69) is 81.7 Å². The molecule has 0 fully saturated rings. The van der Waals surface area contributed by atoms with E-state index in [-0.39, 0.29) is 0 Å². The summed E-state index contributed by atoms with van der Waals surface area (Å²) in [6.07, 6.45) is 8.81. The summed E-state index contributed by atoms with van der Waals surface area (Å²) in [5.74, 6) is 0. The number of rotatable bonds is 4. The summed E-state index contributed by atoms with van der Waals surface area (Å²) in [6, 6.07) is 8.72. The first-order valence-electron chi connectivity index (χ1n) is 6.83. The molecule has 0 radical (unpaired) electrons. The lowest BCUT2D eigenvalue weighted by atomic mass is 10.1. The molecule has 0 saturated heterocycles. The Morgan fingerprint density at radius 1 is 1.26 bits per heavy atom. The van der Waals surface area contributed by atoms with Crippen molar-refractivity contribution < 1.29 is 4.90 Å². The van der Waals surface area contributed by atoms with Crippen molar-refractivity contribution in [3.8, 4) is 0 Å². The maximum atomic E-state index is 2.24. The number of hydrogen-bond donors (Lipinski definition) is 1. The highest BCUT2D eigenvalue weighted by Gasteiger charge is 2.08. The lowest BCUT2D eigenvalue weighted by Gasteiger charge is -2.16. The van der Waals surface area contributed by atoms with Crippen LogP contribution < -0.4 is 9.80 Å². The minimum atomic E-state index is 1.03. The second-order valence-electron chi connectivity index (χ2n) is 5.11. The van der Waals surface area contributed by atoms with Gasteiger partial charge in [0.2, 0.25) is 0 Å². The highest BCUT2D eigenvalue weighted by Crippen LogP contribution is 2.18. The fourth-order valence-electron chi connectivity index (χ4n) is 2.15. The summed E-state index contributed by atoms with van der Waals surface area (Å²) >= 11 is 0. The fourth-order valence-corrected chi connectivity index (χ4v) is 2.15. The first kappa shape index (κ1) is 13.6. The van der Waals surface area contributed by atoms with E-state index in [0.29, 0.717) is 0 Å². The van der Waals surface area contributed by atoms with Crippen molar-refractivity contribution in [1.29, 1.82) is 0 Å². The number of hydrogen-bond acceptors (Lipinski definition) is 1. The smallest absolute Gasteiger partial charge is 0.106 e. The minimum absolute atomic E-state index is 1.03. The Bertz CT molecular complexity index is 521. The second-order valence-corrected chi connectivity index (χ2v) is 5.11. The average Bonchev–Trinajstić information content (AvgIpc) is 2.85. The molecule has 1 aromatic rings. The van der Waals surface area contributed by atoms with Crippen LogP contribution >= 0.6 is 0 Å². The van der Waals surface area contributed by atoms with Crippen LogP contribution in [0.25, 0.3) is 6.08 Å². The molecule has 1 heterocycles. The number of benzene rings is 1. The van der Waals surface area contributed by atoms with Crippen LogP contribution in [0.2, 0.25) is 0 Å². The van der Waals surface area contributed by atoms with E-state index >= 15 is 0 Å². The molecular weight excluding hydrogens is 232 g/mol. The molecule has 0 spiro atoms. The van der Waals surface area contributed by atoms with Crippen molar-refractivity contribution in [1.82, 2.24) is 0 Å². The fraction of sp³-hybridized carbons (Fsp3) is 0.294. The average molecular weight is 255 g/mol. The molecular formula is C17H23N2+. The van der Waals surface area contributed by atoms with Gasteiger partial charge in [-0.2, -0.15) is 0 Å². The number of quaternary nitrogens is 1. The van der Waals surface area contributed by atoms with Crippen LogP contribution in [-0.4, -0.2) is 20.6 Å². The topological polar surface area (TPSA) is 7.68 Å². The zero-order valence-corrected chi connectivity index (χ0v) is 12.3. The summed E-state index contributed by atoms with van der Waals surface area (Å²) in [5, 5.41) is 0. The van der Waals surface area contributed by atoms with Crippen molar-refractivity contribution in [2.75, 3.05) is 25.5 Å². The first-order valence-corrected chi connectivity index (χ1v) is 6.83. The van der Waals surface area contributed by atoms with Gasteiger partial charge in [0.05, 0.1) is 13.2 Å². The lowest BCUT2D eigenvalue weighted by Crippen LogP contribution is -2.98. The van der Waals surface area contributed by atoms with E-state index in [1.807, 2.05) is 0 Å². The molecule has 1 atom stereocenters. The maximum Gasteiger partial charge on any atom is 0.106 e. The van der Waals surface area contributed by atoms with Gasteiger partial charge in [0.25, 0.3) is 0 Å². The van der Waals surface area contributed by atoms with Gasteiger partial charge in [-0.25, -0.2) is 0 Å². The van der Waals surface area contributed by atoms with E-state index in [9.17, 15) is 0 Å². The molecule has 100 valence electrons. The van der Waals surface area contributed by atoms with E-state index in [4.69, 9.17) is 0 Å². The van der Waals surface area contributed by atoms with Gasteiger partial charge in [-0.05, 0) is 37.1 Å². The summed E-state index contributed by atoms with van der Waals surface area (Å²) in [4.78, 5) is 3.56. The molecule has 1 aromatic carbocycles. The molecule has 0 amide bonds. The molecule has 1 N–H and O–H groups in total. The van der Waals surface area contributed by atoms with Gasteiger partial charge < -0.3 is 4.90 Å². The predicted octanol–water partition coefficient (Wildman–Crippen LogP) is 2.47. The Hall–Kier alpha value is -1.80. The molecule has 2 nitrogen and oxygen atoms in total. The van der Waals surface area contributed by atoms with Gasteiger partial charge >= 0.3 is 0 Å². The zero-order valence-electron chi connectivity index (χ0n) is 12.3. The molecule has 2 heteroatoms. The number of anilines is 1. The summed E-state index contributed by atoms with van der Waals surface area (Å²) in [5.41, 5.74) is 5.14. The standard InChI is InChI=1S/C17H22N2/c1-5-19(4)17-8-6-15(7-9-17)12-14(2)16-10-11-18(3)13-16/h6-13H,5H2,1-4H3/p+1/b14-12+. The van der Waals surface area contributed by atoms with Crippen molar-refractivity contribution in [3.05, 3.63) is 59.5 Å². The van der Waals surface area contributed by atoms with E-state index in [1.165, 1.54) is 27.3 Å². The molecule has 2 rings (SSSR count). The summed E-state index contributed by atoms with van der Waals surface area (Å²) < 4.78 is 0. The van der Waals surface area contributed by atoms with Crippen LogP contribution in [0.1, 0.15) is 19.4 Å². The van der Waals surface area contributed by atoms with E-state index in [0.717, 1.165) is 6.54 Å². The number of nitrogens with zero attached hydrogens (tertiary/aromatic N) is 1. The molecule has 0 bridgehead atoms. The molecule has 0 aromatic heterocycles. The molecule has 1 aliphatic rings. The van der Waals surface area contributed by atoms with Crippen LogP contribution in [0.5, 0.6) is 0 Å². The Kier molecular flexibility index (Phi) is 4.23. The van der Waals surface area contributed by atoms with Crippen LogP contribution in [0.4, 0.5) is 5.69 Å². The third-order valence-electron chi connectivity index (χ3n) is 3.56. The monoisotopic (exact) mass is 255 g/mol. The van der Waals surface area contributed by atoms with Crippen molar-refractivity contribution >= 4 is 11.8 Å². The van der Waals surface area contributed by atoms with Gasteiger partial charge in [0.15, 0.2) is 0 Å². The zero-order chi connectivity index (χ0) is 13.8. The number of allylic oxidation sites excluding steroid dienone is 3. The normalized spacial score (nSPS) is 18.6. The van der Waals surface area contributed by atoms with Crippen LogP contribution in [0, 0.1) is 0 Å². The molecule has 0 saturated carbocycles. The quantitative estimate of drug-likeness (QED) is 0.868. The van der Waals surface area contributed by atoms with Gasteiger partial charge in [0, 0.05) is 30.9 Å². The van der Waals surface area contributed by atoms with Crippen LogP contribution in [-0.2, 0) is 0 Å². The lowest BCUT2D eigenvalue weighted by molar-refractivity contribution is -0.763. The summed E-state index contributed by atoms with van der Waals surface area (Å²) in [7, 11) is 4.25. The van der Waals surface area contributed by atoms with Crippen LogP contribution in [0.15, 0.2) is 53.9 Å². The minimum Gasteiger partial charge on any atom is -0.375 e. The Morgan fingerprint density at radius 2 is 1.95 bits per heavy atom. The second kappa shape index (κ2) is 5.89. The van der Waals surface area contributed by atoms with E-state index in [1.54, 1.807) is 0 Å². The van der Waals surface area contributed by atoms with Crippen molar-refractivity contribution in [2.45, 2.75) is 13.8 Å². The van der Waals surface area contributed by atoms with Gasteiger partial charge in [-0.15, -0.1) is 0 Å². The third kappa shape index (κ3) is 3.36. The Labute approximate surface area is 116 Å². The molecule has 1 unspecified atom stereocenters. The molecule has 1 aliphatic heterocycles. The highest BCUT2D eigenvalue weighted by molar-refractivity contribution is 5.62. The van der Waals surface area contributed by atoms with Crippen LogP contribution in [0.3, 0.4) is 0 Å². The largest absolute Gasteiger partial charge is 0.375 e. The predicted molar refractivity (Wildman–Crippen MR) is 83.1 cm³/mol. The van der Waals surface area contributed by atoms with Gasteiger partial charge in [-0.3, -0.25) is 4.90 Å². The molecule has 19 heavy (non-hydrogen) atoms. The maximum absolute atomic E-state index is 2.24. The van der Waals surface area contributed by atoms with Gasteiger partial charge in [-0.1, -0.05) is 18.2 Å². The van der Waals surface area contributed by atoms with Crippen molar-refractivity contribution in [3.63, 3.8) is 0 Å². The first-order chi connectivity index (χ1) is 9.10. The Balaban J connectivity index is 2.15. The Morgan fingerprint density at radius 3 is 2.47 bits per heavy atom. The third-order valence-corrected chi connectivity index (χ3v) is 3.56.